The zero-order valence-electron chi connectivity index (χ0n) is 14.2. The van der Waals surface area contributed by atoms with Gasteiger partial charge in [-0.2, -0.15) is 0 Å². The molecule has 0 N–H and O–H groups in total. The fraction of sp³-hybridized carbons (Fsp3) is 0.588. The van der Waals surface area contributed by atoms with Gasteiger partial charge in [-0.1, -0.05) is 0 Å². The summed E-state index contributed by atoms with van der Waals surface area (Å²) in [6.07, 6.45) is -0.134. The van der Waals surface area contributed by atoms with Crippen LogP contribution in [0.5, 0.6) is 11.5 Å². The highest BCUT2D eigenvalue weighted by Crippen LogP contribution is 2.16. The molecule has 0 aliphatic carbocycles. The number of methoxy groups -OCH3 is 1. The Labute approximate surface area is 137 Å². The highest BCUT2D eigenvalue weighted by Gasteiger charge is 2.18. The lowest BCUT2D eigenvalue weighted by molar-refractivity contribution is -0.151. The topological polar surface area (TPSA) is 51.2 Å². The van der Waals surface area contributed by atoms with Gasteiger partial charge < -0.3 is 19.1 Å². The van der Waals surface area contributed by atoms with Crippen molar-refractivity contribution in [1.82, 2.24) is 9.80 Å². The first-order valence-electron chi connectivity index (χ1n) is 7.94. The van der Waals surface area contributed by atoms with Gasteiger partial charge in [0, 0.05) is 32.7 Å². The van der Waals surface area contributed by atoms with Gasteiger partial charge in [0.25, 0.3) is 0 Å². The van der Waals surface area contributed by atoms with E-state index in [1.54, 1.807) is 31.4 Å². The van der Waals surface area contributed by atoms with Gasteiger partial charge in [-0.15, -0.1) is 0 Å². The summed E-state index contributed by atoms with van der Waals surface area (Å²) in [5.74, 6) is 1.03. The molecule has 0 amide bonds. The SMILES string of the molecule is COc1ccc(OCC(=O)O[C@H](C)CN2CCN(C)CC2)cc1. The van der Waals surface area contributed by atoms with E-state index >= 15 is 0 Å². The van der Waals surface area contributed by atoms with Gasteiger partial charge in [-0.25, -0.2) is 4.79 Å². The predicted octanol–water partition coefficient (Wildman–Crippen LogP) is 1.25. The zero-order valence-corrected chi connectivity index (χ0v) is 14.2. The van der Waals surface area contributed by atoms with Crippen molar-refractivity contribution in [3.63, 3.8) is 0 Å². The van der Waals surface area contributed by atoms with Crippen molar-refractivity contribution in [3.05, 3.63) is 24.3 Å². The van der Waals surface area contributed by atoms with E-state index in [-0.39, 0.29) is 18.7 Å². The summed E-state index contributed by atoms with van der Waals surface area (Å²) in [7, 11) is 3.73. The molecule has 23 heavy (non-hydrogen) atoms. The van der Waals surface area contributed by atoms with Crippen LogP contribution in [-0.4, -0.2) is 75.4 Å². The number of ether oxygens (including phenoxy) is 3. The molecular formula is C17H26N2O4. The second-order valence-corrected chi connectivity index (χ2v) is 5.87. The summed E-state index contributed by atoms with van der Waals surface area (Å²) in [5, 5.41) is 0. The molecule has 6 nitrogen and oxygen atoms in total. The molecular weight excluding hydrogens is 296 g/mol. The van der Waals surface area contributed by atoms with Crippen LogP contribution in [0.15, 0.2) is 24.3 Å². The minimum absolute atomic E-state index is 0.0839. The monoisotopic (exact) mass is 322 g/mol. The van der Waals surface area contributed by atoms with Crippen molar-refractivity contribution in [1.29, 1.82) is 0 Å². The van der Waals surface area contributed by atoms with Crippen LogP contribution in [0.25, 0.3) is 0 Å². The molecule has 1 heterocycles. The lowest BCUT2D eigenvalue weighted by Gasteiger charge is -2.33. The first-order valence-corrected chi connectivity index (χ1v) is 7.94. The maximum absolute atomic E-state index is 11.8. The van der Waals surface area contributed by atoms with Crippen LogP contribution in [0.1, 0.15) is 6.92 Å². The van der Waals surface area contributed by atoms with Crippen LogP contribution < -0.4 is 9.47 Å². The molecule has 1 aliphatic rings. The minimum Gasteiger partial charge on any atom is -0.497 e. The van der Waals surface area contributed by atoms with Crippen LogP contribution in [0.3, 0.4) is 0 Å². The molecule has 1 fully saturated rings. The Kier molecular flexibility index (Phi) is 6.67. The van der Waals surface area contributed by atoms with E-state index < -0.39 is 0 Å². The van der Waals surface area contributed by atoms with Gasteiger partial charge in [0.05, 0.1) is 7.11 Å². The normalized spacial score (nSPS) is 17.5. The van der Waals surface area contributed by atoms with Crippen molar-refractivity contribution in [2.75, 3.05) is 53.5 Å². The third kappa shape index (κ3) is 6.08. The largest absolute Gasteiger partial charge is 0.497 e. The van der Waals surface area contributed by atoms with Crippen LogP contribution in [0.2, 0.25) is 0 Å². The van der Waals surface area contributed by atoms with Crippen LogP contribution in [0, 0.1) is 0 Å². The molecule has 1 aromatic rings. The van der Waals surface area contributed by atoms with Gasteiger partial charge in [0.2, 0.25) is 0 Å². The first-order chi connectivity index (χ1) is 11.1. The number of esters is 1. The van der Waals surface area contributed by atoms with Crippen molar-refractivity contribution in [3.8, 4) is 11.5 Å². The van der Waals surface area contributed by atoms with E-state index in [2.05, 4.69) is 16.8 Å². The van der Waals surface area contributed by atoms with E-state index in [1.165, 1.54) is 0 Å². The molecule has 1 aromatic carbocycles. The maximum Gasteiger partial charge on any atom is 0.344 e. The third-order valence-corrected chi connectivity index (χ3v) is 3.86. The summed E-state index contributed by atoms with van der Waals surface area (Å²) < 4.78 is 15.9. The number of nitrogens with zero attached hydrogens (tertiary/aromatic N) is 2. The molecule has 128 valence electrons. The fourth-order valence-electron chi connectivity index (χ4n) is 2.50. The molecule has 6 heteroatoms. The summed E-state index contributed by atoms with van der Waals surface area (Å²) in [4.78, 5) is 16.5. The summed E-state index contributed by atoms with van der Waals surface area (Å²) in [5.41, 5.74) is 0. The number of hydrogen-bond acceptors (Lipinski definition) is 6. The molecule has 0 unspecified atom stereocenters. The molecule has 0 bridgehead atoms. The Morgan fingerprint density at radius 1 is 1.13 bits per heavy atom. The van der Waals surface area contributed by atoms with Gasteiger partial charge in [0.15, 0.2) is 6.61 Å². The average molecular weight is 322 g/mol. The van der Waals surface area contributed by atoms with Crippen LogP contribution in [-0.2, 0) is 9.53 Å². The number of carbonyl (C=O) groups excluding carboxylic acids is 1. The average Bonchev–Trinajstić information content (AvgIpc) is 2.55. The summed E-state index contributed by atoms with van der Waals surface area (Å²) in [6, 6.07) is 7.10. The van der Waals surface area contributed by atoms with Crippen LogP contribution in [0.4, 0.5) is 0 Å². The van der Waals surface area contributed by atoms with Crippen molar-refractivity contribution < 1.29 is 19.0 Å². The molecule has 0 aromatic heterocycles. The Bertz CT molecular complexity index is 484. The van der Waals surface area contributed by atoms with Gasteiger partial charge >= 0.3 is 5.97 Å². The lowest BCUT2D eigenvalue weighted by atomic mass is 10.3. The van der Waals surface area contributed by atoms with Crippen molar-refractivity contribution in [2.45, 2.75) is 13.0 Å². The van der Waals surface area contributed by atoms with Gasteiger partial charge in [-0.05, 0) is 38.2 Å². The molecule has 0 radical (unpaired) electrons. The summed E-state index contributed by atoms with van der Waals surface area (Å²) >= 11 is 0. The molecule has 0 saturated carbocycles. The smallest absolute Gasteiger partial charge is 0.344 e. The Morgan fingerprint density at radius 3 is 2.35 bits per heavy atom. The second kappa shape index (κ2) is 8.74. The van der Waals surface area contributed by atoms with E-state index in [4.69, 9.17) is 14.2 Å². The van der Waals surface area contributed by atoms with E-state index in [1.807, 2.05) is 6.92 Å². The van der Waals surface area contributed by atoms with Crippen LogP contribution >= 0.6 is 0 Å². The second-order valence-electron chi connectivity index (χ2n) is 5.87. The first kappa shape index (κ1) is 17.6. The summed E-state index contributed by atoms with van der Waals surface area (Å²) in [6.45, 7) is 6.75. The molecule has 2 rings (SSSR count). The standard InChI is InChI=1S/C17H26N2O4/c1-14(12-19-10-8-18(2)9-11-19)23-17(20)13-22-16-6-4-15(21-3)5-7-16/h4-7,14H,8-13H2,1-3H3/t14-/m1/s1. The fourth-order valence-corrected chi connectivity index (χ4v) is 2.50. The third-order valence-electron chi connectivity index (χ3n) is 3.86. The Morgan fingerprint density at radius 2 is 1.74 bits per heavy atom. The zero-order chi connectivity index (χ0) is 16.7. The number of piperazine rings is 1. The Balaban J connectivity index is 1.67. The van der Waals surface area contributed by atoms with E-state index in [9.17, 15) is 4.79 Å². The number of carbonyl (C=O) groups is 1. The number of benzene rings is 1. The molecule has 0 spiro atoms. The molecule has 1 aliphatic heterocycles. The molecule has 1 atom stereocenters. The highest BCUT2D eigenvalue weighted by atomic mass is 16.6. The number of hydrogen-bond donors (Lipinski definition) is 0. The highest BCUT2D eigenvalue weighted by molar-refractivity contribution is 5.71. The van der Waals surface area contributed by atoms with E-state index in [0.29, 0.717) is 5.75 Å². The number of rotatable bonds is 7. The van der Waals surface area contributed by atoms with Crippen molar-refractivity contribution in [2.24, 2.45) is 0 Å². The molecule has 1 saturated heterocycles. The lowest BCUT2D eigenvalue weighted by Crippen LogP contribution is -2.47. The predicted molar refractivity (Wildman–Crippen MR) is 88.0 cm³/mol. The van der Waals surface area contributed by atoms with Gasteiger partial charge in [-0.3, -0.25) is 4.90 Å². The minimum atomic E-state index is -0.345. The quantitative estimate of drug-likeness (QED) is 0.704. The maximum atomic E-state index is 11.8. The van der Waals surface area contributed by atoms with Crippen molar-refractivity contribution >= 4 is 5.97 Å². The van der Waals surface area contributed by atoms with E-state index in [0.717, 1.165) is 38.5 Å². The van der Waals surface area contributed by atoms with Gasteiger partial charge in [0.1, 0.15) is 17.6 Å². The number of likely N-dealkylation sites (N-methyl/N-ethyl adjacent to an activating group) is 1. The Hall–Kier alpha value is -1.79.